The van der Waals surface area contributed by atoms with Gasteiger partial charge in [0, 0.05) is 17.8 Å². The van der Waals surface area contributed by atoms with Gasteiger partial charge >= 0.3 is 0 Å². The summed E-state index contributed by atoms with van der Waals surface area (Å²) < 4.78 is 10.9. The average molecular weight is 313 g/mol. The van der Waals surface area contributed by atoms with Crippen molar-refractivity contribution in [1.82, 2.24) is 0 Å². The zero-order chi connectivity index (χ0) is 16.3. The smallest absolute Gasteiger partial charge is 0.248 e. The fourth-order valence-corrected chi connectivity index (χ4v) is 2.34. The van der Waals surface area contributed by atoms with E-state index in [2.05, 4.69) is 5.32 Å². The molecule has 1 amide bonds. The van der Waals surface area contributed by atoms with Crippen molar-refractivity contribution in [2.75, 3.05) is 18.5 Å². The van der Waals surface area contributed by atoms with Crippen LogP contribution in [0, 0.1) is 0 Å². The summed E-state index contributed by atoms with van der Waals surface area (Å²) in [7, 11) is 0. The van der Waals surface area contributed by atoms with Gasteiger partial charge in [-0.3, -0.25) is 4.79 Å². The summed E-state index contributed by atoms with van der Waals surface area (Å²) in [5.41, 5.74) is 0.749. The molecule has 0 saturated carbocycles. The number of hydrogen-bond acceptors (Lipinski definition) is 4. The number of benzene rings is 1. The Morgan fingerprint density at radius 1 is 1.30 bits per heavy atom. The van der Waals surface area contributed by atoms with E-state index in [1.54, 1.807) is 43.4 Å². The van der Waals surface area contributed by atoms with Gasteiger partial charge < -0.3 is 19.9 Å². The molecule has 1 aromatic rings. The van der Waals surface area contributed by atoms with E-state index in [-0.39, 0.29) is 5.91 Å². The van der Waals surface area contributed by atoms with Crippen molar-refractivity contribution in [3.05, 3.63) is 54.2 Å². The van der Waals surface area contributed by atoms with Gasteiger partial charge in [0.25, 0.3) is 0 Å². The minimum atomic E-state index is -0.801. The minimum Gasteiger partial charge on any atom is -0.486 e. The molecule has 0 fully saturated rings. The van der Waals surface area contributed by atoms with Crippen molar-refractivity contribution in [2.45, 2.75) is 18.9 Å². The highest BCUT2D eigenvalue weighted by molar-refractivity contribution is 5.99. The summed E-state index contributed by atoms with van der Waals surface area (Å²) in [6.07, 6.45) is 9.15. The molecule has 1 aromatic carbocycles. The lowest BCUT2D eigenvalue weighted by Gasteiger charge is -2.20. The van der Waals surface area contributed by atoms with Crippen molar-refractivity contribution in [2.24, 2.45) is 0 Å². The molecule has 1 atom stereocenters. The Balaban J connectivity index is 1.60. The van der Waals surface area contributed by atoms with E-state index in [4.69, 9.17) is 9.47 Å². The number of rotatable bonds is 3. The molecule has 2 N–H and O–H groups in total. The van der Waals surface area contributed by atoms with Crippen LogP contribution >= 0.6 is 0 Å². The molecule has 0 radical (unpaired) electrons. The Bertz CT molecular complexity index is 701. The molecule has 0 saturated heterocycles. The van der Waals surface area contributed by atoms with E-state index in [1.165, 1.54) is 6.08 Å². The fourth-order valence-electron chi connectivity index (χ4n) is 2.34. The molecule has 0 aromatic heterocycles. The Labute approximate surface area is 134 Å². The first-order valence-electron chi connectivity index (χ1n) is 7.52. The van der Waals surface area contributed by atoms with Gasteiger partial charge in [-0.05, 0) is 37.1 Å². The summed E-state index contributed by atoms with van der Waals surface area (Å²) in [6.45, 7) is 2.79. The molecule has 0 bridgehead atoms. The van der Waals surface area contributed by atoms with Crippen LogP contribution in [0.2, 0.25) is 0 Å². The summed E-state index contributed by atoms with van der Waals surface area (Å²) in [6, 6.07) is 5.30. The topological polar surface area (TPSA) is 67.8 Å². The van der Waals surface area contributed by atoms with Crippen LogP contribution in [0.1, 0.15) is 13.3 Å². The number of aliphatic hydroxyl groups is 1. The van der Waals surface area contributed by atoms with Crippen LogP contribution in [0.4, 0.5) is 5.69 Å². The Hall–Kier alpha value is -2.53. The SMILES string of the molecule is CC1(O)C=CC(/C=C/C(=O)Nc2ccc3c(c2)OCCO3)=CC1. The number of amides is 1. The molecular formula is C18H19NO4. The van der Waals surface area contributed by atoms with Gasteiger partial charge in [0.05, 0.1) is 5.60 Å². The third-order valence-corrected chi connectivity index (χ3v) is 3.62. The Kier molecular flexibility index (Phi) is 4.21. The van der Waals surface area contributed by atoms with Crippen molar-refractivity contribution in [3.8, 4) is 11.5 Å². The lowest BCUT2D eigenvalue weighted by molar-refractivity contribution is -0.111. The maximum absolute atomic E-state index is 12.0. The normalized spacial score (nSPS) is 22.8. The molecule has 120 valence electrons. The number of fused-ring (bicyclic) bond motifs is 1. The second-order valence-corrected chi connectivity index (χ2v) is 5.78. The lowest BCUT2D eigenvalue weighted by atomic mass is 9.94. The van der Waals surface area contributed by atoms with E-state index in [0.717, 1.165) is 5.57 Å². The third-order valence-electron chi connectivity index (χ3n) is 3.62. The molecule has 5 heteroatoms. The van der Waals surface area contributed by atoms with Gasteiger partial charge in [-0.25, -0.2) is 0 Å². The molecule has 0 spiro atoms. The van der Waals surface area contributed by atoms with Crippen molar-refractivity contribution in [3.63, 3.8) is 0 Å². The zero-order valence-corrected chi connectivity index (χ0v) is 12.9. The number of hydrogen-bond donors (Lipinski definition) is 2. The minimum absolute atomic E-state index is 0.228. The number of nitrogens with one attached hydrogen (secondary N) is 1. The summed E-state index contributed by atoms with van der Waals surface area (Å²) in [5, 5.41) is 12.6. The number of carbonyl (C=O) groups excluding carboxylic acids is 1. The third kappa shape index (κ3) is 4.02. The number of carbonyl (C=O) groups is 1. The van der Waals surface area contributed by atoms with E-state index in [1.807, 2.05) is 6.08 Å². The van der Waals surface area contributed by atoms with E-state index in [0.29, 0.717) is 36.8 Å². The Morgan fingerprint density at radius 3 is 2.83 bits per heavy atom. The van der Waals surface area contributed by atoms with Crippen molar-refractivity contribution >= 4 is 11.6 Å². The maximum atomic E-state index is 12.0. The highest BCUT2D eigenvalue weighted by atomic mass is 16.6. The van der Waals surface area contributed by atoms with Gasteiger partial charge in [0.2, 0.25) is 5.91 Å². The van der Waals surface area contributed by atoms with Crippen LogP contribution in [-0.4, -0.2) is 29.8 Å². The fraction of sp³-hybridized carbons (Fsp3) is 0.278. The number of allylic oxidation sites excluding steroid dienone is 3. The van der Waals surface area contributed by atoms with Crippen LogP contribution in [-0.2, 0) is 4.79 Å². The summed E-state index contributed by atoms with van der Waals surface area (Å²) in [4.78, 5) is 12.0. The largest absolute Gasteiger partial charge is 0.486 e. The lowest BCUT2D eigenvalue weighted by Crippen LogP contribution is -2.21. The average Bonchev–Trinajstić information content (AvgIpc) is 2.54. The van der Waals surface area contributed by atoms with E-state index < -0.39 is 5.60 Å². The molecule has 1 aliphatic heterocycles. The zero-order valence-electron chi connectivity index (χ0n) is 12.9. The predicted octanol–water partition coefficient (Wildman–Crippen LogP) is 2.59. The molecular weight excluding hydrogens is 294 g/mol. The van der Waals surface area contributed by atoms with Gasteiger partial charge in [-0.1, -0.05) is 18.2 Å². The van der Waals surface area contributed by atoms with Crippen LogP contribution < -0.4 is 14.8 Å². The molecule has 1 unspecified atom stereocenters. The highest BCUT2D eigenvalue weighted by Gasteiger charge is 2.17. The first kappa shape index (κ1) is 15.4. The quantitative estimate of drug-likeness (QED) is 0.842. The standard InChI is InChI=1S/C18H19NO4/c1-18(21)8-6-13(7-9-18)2-5-17(20)19-14-3-4-15-16(12-14)23-11-10-22-15/h2-8,12,21H,9-11H2,1H3,(H,19,20)/b5-2+. The first-order valence-corrected chi connectivity index (χ1v) is 7.52. The van der Waals surface area contributed by atoms with Gasteiger partial charge in [-0.2, -0.15) is 0 Å². The molecule has 1 heterocycles. The summed E-state index contributed by atoms with van der Waals surface area (Å²) >= 11 is 0. The van der Waals surface area contributed by atoms with Gasteiger partial charge in [0.1, 0.15) is 13.2 Å². The first-order chi connectivity index (χ1) is 11.0. The summed E-state index contributed by atoms with van der Waals surface area (Å²) in [5.74, 6) is 1.10. The second-order valence-electron chi connectivity index (χ2n) is 5.78. The van der Waals surface area contributed by atoms with E-state index in [9.17, 15) is 9.90 Å². The highest BCUT2D eigenvalue weighted by Crippen LogP contribution is 2.32. The van der Waals surface area contributed by atoms with Gasteiger partial charge in [0.15, 0.2) is 11.5 Å². The second kappa shape index (κ2) is 6.30. The number of anilines is 1. The van der Waals surface area contributed by atoms with Crippen LogP contribution in [0.5, 0.6) is 11.5 Å². The van der Waals surface area contributed by atoms with Crippen molar-refractivity contribution < 1.29 is 19.4 Å². The molecule has 3 rings (SSSR count). The molecule has 2 aliphatic rings. The number of ether oxygens (including phenoxy) is 2. The van der Waals surface area contributed by atoms with Gasteiger partial charge in [-0.15, -0.1) is 0 Å². The van der Waals surface area contributed by atoms with Crippen molar-refractivity contribution in [1.29, 1.82) is 0 Å². The van der Waals surface area contributed by atoms with Crippen LogP contribution in [0.15, 0.2) is 54.2 Å². The molecule has 23 heavy (non-hydrogen) atoms. The Morgan fingerprint density at radius 2 is 2.09 bits per heavy atom. The molecule has 5 nitrogen and oxygen atoms in total. The predicted molar refractivity (Wildman–Crippen MR) is 87.7 cm³/mol. The monoisotopic (exact) mass is 313 g/mol. The van der Waals surface area contributed by atoms with E-state index >= 15 is 0 Å². The maximum Gasteiger partial charge on any atom is 0.248 e. The molecule has 1 aliphatic carbocycles. The van der Waals surface area contributed by atoms with Crippen LogP contribution in [0.25, 0.3) is 0 Å². The van der Waals surface area contributed by atoms with Crippen LogP contribution in [0.3, 0.4) is 0 Å².